The van der Waals surface area contributed by atoms with E-state index in [9.17, 15) is 14.4 Å². The molecule has 1 aliphatic carbocycles. The molecule has 3 amide bonds. The van der Waals surface area contributed by atoms with E-state index in [4.69, 9.17) is 0 Å². The predicted octanol–water partition coefficient (Wildman–Crippen LogP) is 2.28. The van der Waals surface area contributed by atoms with Gasteiger partial charge in [0.05, 0.1) is 5.41 Å². The first-order valence-electron chi connectivity index (χ1n) is 7.82. The second-order valence-corrected chi connectivity index (χ2v) is 7.97. The van der Waals surface area contributed by atoms with Crippen LogP contribution in [-0.2, 0) is 14.4 Å². The summed E-state index contributed by atoms with van der Waals surface area (Å²) in [6.45, 7) is 6.10. The Kier molecular flexibility index (Phi) is 3.78. The smallest absolute Gasteiger partial charge is 0.235 e. The molecule has 1 saturated carbocycles. The molecular formula is C16H21N3O3S. The number of imide groups is 1. The number of amides is 3. The average molecular weight is 335 g/mol. The fraction of sp³-hybridized carbons (Fsp3) is 0.625. The molecule has 3 rings (SSSR count). The first-order valence-corrected chi connectivity index (χ1v) is 8.70. The Labute approximate surface area is 139 Å². The van der Waals surface area contributed by atoms with Crippen LogP contribution in [0.3, 0.4) is 0 Å². The first-order chi connectivity index (χ1) is 10.8. The van der Waals surface area contributed by atoms with Gasteiger partial charge in [-0.05, 0) is 18.3 Å². The topological polar surface area (TPSA) is 79.4 Å². The maximum absolute atomic E-state index is 12.8. The highest BCUT2D eigenvalue weighted by Gasteiger charge is 2.64. The quantitative estimate of drug-likeness (QED) is 0.856. The molecule has 2 heterocycles. The van der Waals surface area contributed by atoms with Gasteiger partial charge in [0.25, 0.3) is 0 Å². The SMILES string of the molecule is CC12CCC(C(=O)N(CCC(=O)Nc3nccs3)C1=O)C2(C)C. The second kappa shape index (κ2) is 5.40. The number of thiazole rings is 1. The lowest BCUT2D eigenvalue weighted by molar-refractivity contribution is -0.167. The first kappa shape index (κ1) is 16.1. The van der Waals surface area contributed by atoms with E-state index >= 15 is 0 Å². The molecule has 7 heteroatoms. The van der Waals surface area contributed by atoms with Gasteiger partial charge in [0, 0.05) is 30.5 Å². The van der Waals surface area contributed by atoms with E-state index in [-0.39, 0.29) is 42.0 Å². The Balaban J connectivity index is 1.68. The molecule has 124 valence electrons. The van der Waals surface area contributed by atoms with Gasteiger partial charge in [0.2, 0.25) is 17.7 Å². The molecule has 2 unspecified atom stereocenters. The predicted molar refractivity (Wildman–Crippen MR) is 86.7 cm³/mol. The molecule has 2 fully saturated rings. The number of carbonyl (C=O) groups excluding carboxylic acids is 3. The van der Waals surface area contributed by atoms with Crippen LogP contribution in [0.5, 0.6) is 0 Å². The van der Waals surface area contributed by atoms with Gasteiger partial charge in [-0.1, -0.05) is 20.8 Å². The van der Waals surface area contributed by atoms with Crippen molar-refractivity contribution in [1.29, 1.82) is 0 Å². The molecular weight excluding hydrogens is 314 g/mol. The second-order valence-electron chi connectivity index (χ2n) is 7.08. The zero-order chi connectivity index (χ0) is 16.8. The maximum Gasteiger partial charge on any atom is 0.235 e. The van der Waals surface area contributed by atoms with Gasteiger partial charge >= 0.3 is 0 Å². The molecule has 23 heavy (non-hydrogen) atoms. The Hall–Kier alpha value is -1.76. The number of rotatable bonds is 4. The zero-order valence-electron chi connectivity index (χ0n) is 13.6. The summed E-state index contributed by atoms with van der Waals surface area (Å²) in [4.78, 5) is 42.7. The maximum atomic E-state index is 12.8. The number of anilines is 1. The highest BCUT2D eigenvalue weighted by Crippen LogP contribution is 2.59. The van der Waals surface area contributed by atoms with Crippen LogP contribution in [-0.4, -0.2) is 34.2 Å². The summed E-state index contributed by atoms with van der Waals surface area (Å²) >= 11 is 1.33. The van der Waals surface area contributed by atoms with E-state index in [1.807, 2.05) is 20.8 Å². The molecule has 6 nitrogen and oxygen atoms in total. The molecule has 1 aromatic heterocycles. The van der Waals surface area contributed by atoms with Crippen LogP contribution in [0.4, 0.5) is 5.13 Å². The van der Waals surface area contributed by atoms with Crippen LogP contribution in [0.25, 0.3) is 0 Å². The minimum absolute atomic E-state index is 0.0975. The standard InChI is InChI=1S/C16H21N3O3S/c1-15(2)10-4-6-16(15,3)13(22)19(12(10)21)8-5-11(20)18-14-17-7-9-23-14/h7,9-10H,4-6,8H2,1-3H3,(H,17,18,20). The van der Waals surface area contributed by atoms with Gasteiger partial charge in [0.15, 0.2) is 5.13 Å². The molecule has 2 bridgehead atoms. The van der Waals surface area contributed by atoms with Crippen LogP contribution < -0.4 is 5.32 Å². The number of nitrogens with zero attached hydrogens (tertiary/aromatic N) is 2. The molecule has 2 aliphatic rings. The van der Waals surface area contributed by atoms with Crippen molar-refractivity contribution in [3.05, 3.63) is 11.6 Å². The Morgan fingerprint density at radius 1 is 1.43 bits per heavy atom. The van der Waals surface area contributed by atoms with Gasteiger partial charge < -0.3 is 5.32 Å². The largest absolute Gasteiger partial charge is 0.302 e. The lowest BCUT2D eigenvalue weighted by Crippen LogP contribution is -2.59. The van der Waals surface area contributed by atoms with Gasteiger partial charge in [-0.3, -0.25) is 19.3 Å². The van der Waals surface area contributed by atoms with Gasteiger partial charge in [-0.2, -0.15) is 0 Å². The number of nitrogens with one attached hydrogen (secondary N) is 1. The molecule has 1 aliphatic heterocycles. The minimum Gasteiger partial charge on any atom is -0.302 e. The van der Waals surface area contributed by atoms with Crippen molar-refractivity contribution in [2.75, 3.05) is 11.9 Å². The highest BCUT2D eigenvalue weighted by atomic mass is 32.1. The number of likely N-dealkylation sites (tertiary alicyclic amines) is 1. The molecule has 1 saturated heterocycles. The Morgan fingerprint density at radius 3 is 2.83 bits per heavy atom. The van der Waals surface area contributed by atoms with Gasteiger partial charge in [0.1, 0.15) is 0 Å². The minimum atomic E-state index is -0.517. The summed E-state index contributed by atoms with van der Waals surface area (Å²) in [5.74, 6) is -0.629. The van der Waals surface area contributed by atoms with Crippen molar-refractivity contribution in [1.82, 2.24) is 9.88 Å². The van der Waals surface area contributed by atoms with Crippen molar-refractivity contribution in [2.24, 2.45) is 16.7 Å². The number of aromatic nitrogens is 1. The van der Waals surface area contributed by atoms with Crippen molar-refractivity contribution in [3.8, 4) is 0 Å². The van der Waals surface area contributed by atoms with Crippen LogP contribution in [0, 0.1) is 16.7 Å². The third-order valence-corrected chi connectivity index (χ3v) is 6.44. The third kappa shape index (κ3) is 2.38. The van der Waals surface area contributed by atoms with Crippen molar-refractivity contribution >= 4 is 34.2 Å². The number of fused-ring (bicyclic) bond motifs is 2. The number of piperidine rings is 1. The van der Waals surface area contributed by atoms with E-state index in [0.717, 1.165) is 12.8 Å². The summed E-state index contributed by atoms with van der Waals surface area (Å²) in [6.07, 6.45) is 3.19. The van der Waals surface area contributed by atoms with E-state index in [1.165, 1.54) is 16.2 Å². The van der Waals surface area contributed by atoms with Crippen LogP contribution >= 0.6 is 11.3 Å². The zero-order valence-corrected chi connectivity index (χ0v) is 14.4. The molecule has 0 spiro atoms. The summed E-state index contributed by atoms with van der Waals surface area (Å²) in [6, 6.07) is 0. The normalized spacial score (nSPS) is 29.0. The highest BCUT2D eigenvalue weighted by molar-refractivity contribution is 7.13. The molecule has 1 N–H and O–H groups in total. The number of hydrogen-bond acceptors (Lipinski definition) is 5. The summed E-state index contributed by atoms with van der Waals surface area (Å²) < 4.78 is 0. The van der Waals surface area contributed by atoms with Gasteiger partial charge in [-0.15, -0.1) is 11.3 Å². The van der Waals surface area contributed by atoms with Crippen molar-refractivity contribution in [2.45, 2.75) is 40.0 Å². The Morgan fingerprint density at radius 2 is 2.17 bits per heavy atom. The van der Waals surface area contributed by atoms with Crippen LogP contribution in [0.1, 0.15) is 40.0 Å². The number of carbonyl (C=O) groups is 3. The van der Waals surface area contributed by atoms with E-state index in [0.29, 0.717) is 5.13 Å². The third-order valence-electron chi connectivity index (χ3n) is 5.75. The van der Waals surface area contributed by atoms with E-state index < -0.39 is 5.41 Å². The lowest BCUT2D eigenvalue weighted by atomic mass is 9.62. The van der Waals surface area contributed by atoms with Crippen molar-refractivity contribution in [3.63, 3.8) is 0 Å². The Bertz CT molecular complexity index is 656. The van der Waals surface area contributed by atoms with E-state index in [2.05, 4.69) is 10.3 Å². The summed E-state index contributed by atoms with van der Waals surface area (Å²) in [7, 11) is 0. The monoisotopic (exact) mass is 335 g/mol. The average Bonchev–Trinajstić information content (AvgIpc) is 3.03. The molecule has 0 aromatic carbocycles. The van der Waals surface area contributed by atoms with Crippen LogP contribution in [0.15, 0.2) is 11.6 Å². The van der Waals surface area contributed by atoms with Crippen LogP contribution in [0.2, 0.25) is 0 Å². The van der Waals surface area contributed by atoms with Crippen molar-refractivity contribution < 1.29 is 14.4 Å². The fourth-order valence-electron chi connectivity index (χ4n) is 3.79. The number of hydrogen-bond donors (Lipinski definition) is 1. The fourth-order valence-corrected chi connectivity index (χ4v) is 4.34. The molecule has 2 atom stereocenters. The summed E-state index contributed by atoms with van der Waals surface area (Å²) in [5.41, 5.74) is -0.835. The van der Waals surface area contributed by atoms with Gasteiger partial charge in [-0.25, -0.2) is 4.98 Å². The van der Waals surface area contributed by atoms with E-state index in [1.54, 1.807) is 11.6 Å². The molecule has 0 radical (unpaired) electrons. The molecule has 1 aromatic rings. The summed E-state index contributed by atoms with van der Waals surface area (Å²) in [5, 5.41) is 4.97. The lowest BCUT2D eigenvalue weighted by Gasteiger charge is -2.47.